The molecule has 0 bridgehead atoms. The van der Waals surface area contributed by atoms with Gasteiger partial charge in [0.1, 0.15) is 12.5 Å². The lowest BCUT2D eigenvalue weighted by Crippen LogP contribution is -2.46. The van der Waals surface area contributed by atoms with Crippen molar-refractivity contribution in [3.63, 3.8) is 0 Å². The van der Waals surface area contributed by atoms with E-state index >= 15 is 0 Å². The quantitative estimate of drug-likeness (QED) is 0.585. The van der Waals surface area contributed by atoms with Crippen LogP contribution >= 0.6 is 11.6 Å². The monoisotopic (exact) mass is 375 g/mol. The minimum atomic E-state index is -0.593. The summed E-state index contributed by atoms with van der Waals surface area (Å²) in [7, 11) is 1.55. The van der Waals surface area contributed by atoms with E-state index in [1.165, 1.54) is 0 Å². The van der Waals surface area contributed by atoms with Crippen LogP contribution in [0.25, 0.3) is 0 Å². The molecule has 1 aromatic carbocycles. The molecule has 6 heteroatoms. The number of aliphatic imine (C=N–C) groups is 1. The molecule has 0 fully saturated rings. The van der Waals surface area contributed by atoms with E-state index in [0.717, 1.165) is 5.56 Å². The summed E-state index contributed by atoms with van der Waals surface area (Å²) in [4.78, 5) is 30.1. The fourth-order valence-electron chi connectivity index (χ4n) is 3.85. The van der Waals surface area contributed by atoms with Gasteiger partial charge in [0, 0.05) is 23.8 Å². The van der Waals surface area contributed by atoms with Crippen LogP contribution in [0.5, 0.6) is 0 Å². The Balaban J connectivity index is 2.00. The Morgan fingerprint density at radius 3 is 2.65 bits per heavy atom. The van der Waals surface area contributed by atoms with Crippen LogP contribution in [0, 0.1) is 11.8 Å². The Labute approximate surface area is 158 Å². The number of fused-ring (bicyclic) bond motifs is 1. The number of benzene rings is 1. The number of carbonyl (C=O) groups is 2. The van der Waals surface area contributed by atoms with Crippen LogP contribution in [-0.4, -0.2) is 43.8 Å². The molecule has 0 N–H and O–H groups in total. The second-order valence-corrected chi connectivity index (χ2v) is 7.06. The lowest BCUT2D eigenvalue weighted by molar-refractivity contribution is -0.149. The molecule has 1 unspecified atom stereocenters. The number of ketones is 1. The summed E-state index contributed by atoms with van der Waals surface area (Å²) in [5, 5.41) is 0.612. The first-order chi connectivity index (χ1) is 12.5. The molecule has 0 aromatic heterocycles. The van der Waals surface area contributed by atoms with Crippen molar-refractivity contribution >= 4 is 29.1 Å². The summed E-state index contributed by atoms with van der Waals surface area (Å²) < 4.78 is 10.3. The lowest BCUT2D eigenvalue weighted by atomic mass is 9.66. The molecular weight excluding hydrogens is 354 g/mol. The maximum Gasteiger partial charge on any atom is 0.315 e. The molecule has 0 spiro atoms. The third-order valence-electron chi connectivity index (χ3n) is 5.01. The summed E-state index contributed by atoms with van der Waals surface area (Å²) >= 11 is 6.02. The first-order valence-electron chi connectivity index (χ1n) is 8.68. The second-order valence-electron chi connectivity index (χ2n) is 6.62. The van der Waals surface area contributed by atoms with Gasteiger partial charge in [-0.05, 0) is 37.1 Å². The van der Waals surface area contributed by atoms with E-state index in [9.17, 15) is 9.59 Å². The van der Waals surface area contributed by atoms with E-state index in [0.29, 0.717) is 23.8 Å². The van der Waals surface area contributed by atoms with Gasteiger partial charge in [-0.2, -0.15) is 0 Å². The number of nitrogens with zero attached hydrogens (tertiary/aromatic N) is 1. The Morgan fingerprint density at radius 2 is 1.96 bits per heavy atom. The van der Waals surface area contributed by atoms with Crippen LogP contribution < -0.4 is 0 Å². The molecule has 138 valence electrons. The number of allylic oxidation sites excluding steroid dienone is 1. The van der Waals surface area contributed by atoms with Gasteiger partial charge in [-0.25, -0.2) is 0 Å². The maximum absolute atomic E-state index is 12.8. The number of carbonyl (C=O) groups excluding carboxylic acids is 2. The average molecular weight is 376 g/mol. The largest absolute Gasteiger partial charge is 0.463 e. The molecule has 1 heterocycles. The summed E-state index contributed by atoms with van der Waals surface area (Å²) in [5.74, 6) is -1.65. The third-order valence-corrected chi connectivity index (χ3v) is 5.26. The van der Waals surface area contributed by atoms with Crippen molar-refractivity contribution in [1.82, 2.24) is 0 Å². The molecule has 5 nitrogen and oxygen atoms in total. The Bertz CT molecular complexity index is 741. The molecule has 0 radical (unpaired) electrons. The van der Waals surface area contributed by atoms with Gasteiger partial charge in [0.25, 0.3) is 0 Å². The van der Waals surface area contributed by atoms with E-state index in [-0.39, 0.29) is 36.2 Å². The predicted octanol–water partition coefficient (Wildman–Crippen LogP) is 3.22. The van der Waals surface area contributed by atoms with E-state index < -0.39 is 5.92 Å². The highest BCUT2D eigenvalue weighted by Crippen LogP contribution is 2.43. The summed E-state index contributed by atoms with van der Waals surface area (Å²) in [5.41, 5.74) is 1.60. The normalized spacial score (nSPS) is 27.7. The predicted molar refractivity (Wildman–Crippen MR) is 99.7 cm³/mol. The van der Waals surface area contributed by atoms with Crippen LogP contribution in [0.3, 0.4) is 0 Å². The van der Waals surface area contributed by atoms with Gasteiger partial charge in [0.05, 0.1) is 18.6 Å². The molecule has 1 aromatic rings. The summed E-state index contributed by atoms with van der Waals surface area (Å²) in [6, 6.07) is 7.18. The number of esters is 1. The van der Waals surface area contributed by atoms with Crippen molar-refractivity contribution in [2.24, 2.45) is 16.8 Å². The van der Waals surface area contributed by atoms with E-state index in [4.69, 9.17) is 21.1 Å². The zero-order valence-electron chi connectivity index (χ0n) is 14.9. The van der Waals surface area contributed by atoms with Gasteiger partial charge in [0.2, 0.25) is 0 Å². The average Bonchev–Trinajstić information content (AvgIpc) is 2.61. The highest BCUT2D eigenvalue weighted by atomic mass is 35.5. The first kappa shape index (κ1) is 18.8. The molecule has 0 saturated heterocycles. The Hall–Kier alpha value is -1.98. The molecule has 0 saturated carbocycles. The van der Waals surface area contributed by atoms with Crippen molar-refractivity contribution in [3.05, 3.63) is 47.0 Å². The van der Waals surface area contributed by atoms with Crippen molar-refractivity contribution in [3.8, 4) is 0 Å². The summed E-state index contributed by atoms with van der Waals surface area (Å²) in [6.45, 7) is 2.34. The fourth-order valence-corrected chi connectivity index (χ4v) is 3.97. The van der Waals surface area contributed by atoms with Crippen molar-refractivity contribution in [2.45, 2.75) is 25.3 Å². The van der Waals surface area contributed by atoms with Gasteiger partial charge in [-0.15, -0.1) is 0 Å². The van der Waals surface area contributed by atoms with E-state index in [2.05, 4.69) is 4.99 Å². The zero-order valence-corrected chi connectivity index (χ0v) is 15.6. The number of hydrogen-bond acceptors (Lipinski definition) is 5. The van der Waals surface area contributed by atoms with Gasteiger partial charge in [-0.1, -0.05) is 29.8 Å². The van der Waals surface area contributed by atoms with Crippen molar-refractivity contribution < 1.29 is 19.1 Å². The van der Waals surface area contributed by atoms with Gasteiger partial charge in [0.15, 0.2) is 5.78 Å². The number of hydrogen-bond donors (Lipinski definition) is 0. The second kappa shape index (κ2) is 8.14. The molecule has 1 aliphatic carbocycles. The smallest absolute Gasteiger partial charge is 0.315 e. The van der Waals surface area contributed by atoms with Gasteiger partial charge < -0.3 is 9.47 Å². The van der Waals surface area contributed by atoms with Gasteiger partial charge >= 0.3 is 5.97 Å². The van der Waals surface area contributed by atoms with E-state index in [1.54, 1.807) is 25.3 Å². The molecule has 4 atom stereocenters. The standard InChI is InChI=1S/C20H22ClNO4/c1-12-17(20(24)26-11-10-25-2)18(13-6-8-14(21)9-7-13)19-15(22-12)4-3-5-16(19)23/h3,5-9,15,17-19H,4,10-11H2,1-2H3/t15-,17?,18-,19+/m0/s1. The van der Waals surface area contributed by atoms with Crippen LogP contribution in [-0.2, 0) is 19.1 Å². The summed E-state index contributed by atoms with van der Waals surface area (Å²) in [6.07, 6.45) is 4.16. The van der Waals surface area contributed by atoms with E-state index in [1.807, 2.05) is 25.1 Å². The number of halogens is 1. The minimum Gasteiger partial charge on any atom is -0.463 e. The number of rotatable bonds is 5. The molecule has 3 rings (SSSR count). The minimum absolute atomic E-state index is 0.00661. The maximum atomic E-state index is 12.8. The molecule has 2 aliphatic rings. The van der Waals surface area contributed by atoms with Crippen LogP contribution in [0.2, 0.25) is 5.02 Å². The topological polar surface area (TPSA) is 65.0 Å². The van der Waals surface area contributed by atoms with Crippen molar-refractivity contribution in [1.29, 1.82) is 0 Å². The lowest BCUT2D eigenvalue weighted by Gasteiger charge is -2.40. The number of ether oxygens (including phenoxy) is 2. The fraction of sp³-hybridized carbons (Fsp3) is 0.450. The van der Waals surface area contributed by atoms with Crippen LogP contribution in [0.15, 0.2) is 41.4 Å². The van der Waals surface area contributed by atoms with Crippen LogP contribution in [0.1, 0.15) is 24.8 Å². The first-order valence-corrected chi connectivity index (χ1v) is 9.06. The van der Waals surface area contributed by atoms with Crippen molar-refractivity contribution in [2.75, 3.05) is 20.3 Å². The molecule has 0 amide bonds. The van der Waals surface area contributed by atoms with Gasteiger partial charge in [-0.3, -0.25) is 14.6 Å². The highest BCUT2D eigenvalue weighted by Gasteiger charge is 2.48. The number of methoxy groups -OCH3 is 1. The van der Waals surface area contributed by atoms with Crippen LogP contribution in [0.4, 0.5) is 0 Å². The Morgan fingerprint density at radius 1 is 1.23 bits per heavy atom. The molecule has 1 aliphatic heterocycles. The third kappa shape index (κ3) is 3.74. The highest BCUT2D eigenvalue weighted by molar-refractivity contribution is 6.30. The SMILES string of the molecule is COCCOC(=O)C1C(C)=N[C@H]2CC=CC(=O)[C@@H]2[C@H]1c1ccc(Cl)cc1. The molecule has 26 heavy (non-hydrogen) atoms. The zero-order chi connectivity index (χ0) is 18.7. The Kier molecular flexibility index (Phi) is 5.89. The molecular formula is C20H22ClNO4.